The minimum Gasteiger partial charge on any atom is -0.325 e. The van der Waals surface area contributed by atoms with Crippen LogP contribution in [-0.2, 0) is 4.79 Å². The highest BCUT2D eigenvalue weighted by Gasteiger charge is 2.54. The van der Waals surface area contributed by atoms with Gasteiger partial charge < -0.3 is 5.32 Å². The Kier molecular flexibility index (Phi) is 4.52. The fourth-order valence-corrected chi connectivity index (χ4v) is 3.09. The van der Waals surface area contributed by atoms with Crippen LogP contribution in [0.3, 0.4) is 0 Å². The number of hydrogen-bond acceptors (Lipinski definition) is 2. The number of aryl methyl sites for hydroxylation is 1. The highest BCUT2D eigenvalue weighted by Crippen LogP contribution is 2.44. The summed E-state index contributed by atoms with van der Waals surface area (Å²) in [5.41, 5.74) is 0.605. The summed E-state index contributed by atoms with van der Waals surface area (Å²) in [5, 5.41) is 2.74. The van der Waals surface area contributed by atoms with E-state index in [0.717, 1.165) is 5.56 Å². The second-order valence-electron chi connectivity index (χ2n) is 6.38. The summed E-state index contributed by atoms with van der Waals surface area (Å²) in [7, 11) is 0. The van der Waals surface area contributed by atoms with E-state index in [1.54, 1.807) is 24.8 Å². The van der Waals surface area contributed by atoms with Crippen molar-refractivity contribution in [2.24, 2.45) is 5.92 Å². The van der Waals surface area contributed by atoms with Crippen LogP contribution in [0.15, 0.2) is 24.3 Å². The molecule has 0 spiro atoms. The van der Waals surface area contributed by atoms with E-state index in [-0.39, 0.29) is 25.4 Å². The van der Waals surface area contributed by atoms with E-state index in [4.69, 9.17) is 0 Å². The molecule has 6 heteroatoms. The number of rotatable bonds is 3. The second-order valence-corrected chi connectivity index (χ2v) is 6.38. The number of nitrogens with one attached hydrogen (secondary N) is 1. The molecule has 1 aromatic carbocycles. The SMILES string of the molecule is Cc1cccc(NC(=O)CN2CC[C@H](C(F)(F)F)C2(C)C)c1. The first-order valence-corrected chi connectivity index (χ1v) is 7.29. The van der Waals surface area contributed by atoms with Gasteiger partial charge in [-0.1, -0.05) is 12.1 Å². The Balaban J connectivity index is 2.00. The number of benzene rings is 1. The van der Waals surface area contributed by atoms with Crippen LogP contribution < -0.4 is 5.32 Å². The number of likely N-dealkylation sites (tertiary alicyclic amines) is 1. The largest absolute Gasteiger partial charge is 0.393 e. The molecule has 1 aliphatic rings. The predicted molar refractivity (Wildman–Crippen MR) is 79.6 cm³/mol. The van der Waals surface area contributed by atoms with Crippen LogP contribution >= 0.6 is 0 Å². The van der Waals surface area contributed by atoms with E-state index < -0.39 is 17.6 Å². The Bertz CT molecular complexity index is 555. The third-order valence-electron chi connectivity index (χ3n) is 4.39. The number of anilines is 1. The number of alkyl halides is 3. The standard InChI is InChI=1S/C16H21F3N2O/c1-11-5-4-6-12(9-11)20-14(22)10-21-8-7-13(15(21,2)3)16(17,18)19/h4-6,9,13H,7-8,10H2,1-3H3,(H,20,22)/t13-/m0/s1. The minimum absolute atomic E-state index is 0.0342. The molecule has 1 atom stereocenters. The zero-order chi connectivity index (χ0) is 16.5. The van der Waals surface area contributed by atoms with E-state index in [1.165, 1.54) is 0 Å². The molecule has 122 valence electrons. The van der Waals surface area contributed by atoms with Crippen molar-refractivity contribution in [3.8, 4) is 0 Å². The molecule has 1 amide bonds. The van der Waals surface area contributed by atoms with Gasteiger partial charge in [-0.15, -0.1) is 0 Å². The maximum absolute atomic E-state index is 13.0. The molecule has 1 saturated heterocycles. The summed E-state index contributed by atoms with van der Waals surface area (Å²) in [6.45, 7) is 5.26. The summed E-state index contributed by atoms with van der Waals surface area (Å²) < 4.78 is 39.1. The molecule has 0 aliphatic carbocycles. The lowest BCUT2D eigenvalue weighted by atomic mass is 9.88. The first kappa shape index (κ1) is 16.8. The predicted octanol–water partition coefficient (Wildman–Crippen LogP) is 3.60. The Morgan fingerprint density at radius 2 is 2.09 bits per heavy atom. The average molecular weight is 314 g/mol. The zero-order valence-corrected chi connectivity index (χ0v) is 13.0. The van der Waals surface area contributed by atoms with Gasteiger partial charge in [0.15, 0.2) is 0 Å². The normalized spacial score (nSPS) is 21.8. The van der Waals surface area contributed by atoms with Crippen molar-refractivity contribution in [3.05, 3.63) is 29.8 Å². The van der Waals surface area contributed by atoms with Crippen molar-refractivity contribution in [2.45, 2.75) is 38.9 Å². The molecule has 1 N–H and O–H groups in total. The number of hydrogen-bond donors (Lipinski definition) is 1. The Morgan fingerprint density at radius 3 is 2.64 bits per heavy atom. The molecule has 1 fully saturated rings. The van der Waals surface area contributed by atoms with Gasteiger partial charge in [-0.2, -0.15) is 13.2 Å². The lowest BCUT2D eigenvalue weighted by molar-refractivity contribution is -0.191. The highest BCUT2D eigenvalue weighted by atomic mass is 19.4. The topological polar surface area (TPSA) is 32.3 Å². The van der Waals surface area contributed by atoms with Crippen molar-refractivity contribution in [1.29, 1.82) is 0 Å². The van der Waals surface area contributed by atoms with Crippen LogP contribution in [0.2, 0.25) is 0 Å². The van der Waals surface area contributed by atoms with E-state index >= 15 is 0 Å². The molecule has 0 aromatic heterocycles. The molecular weight excluding hydrogens is 293 g/mol. The van der Waals surface area contributed by atoms with Crippen LogP contribution in [-0.4, -0.2) is 35.6 Å². The molecule has 1 aromatic rings. The number of halogens is 3. The fraction of sp³-hybridized carbons (Fsp3) is 0.562. The lowest BCUT2D eigenvalue weighted by Crippen LogP contribution is -2.49. The first-order valence-electron chi connectivity index (χ1n) is 7.29. The Labute approximate surface area is 128 Å². The van der Waals surface area contributed by atoms with Crippen LogP contribution in [0.5, 0.6) is 0 Å². The van der Waals surface area contributed by atoms with Crippen molar-refractivity contribution >= 4 is 11.6 Å². The number of amides is 1. The van der Waals surface area contributed by atoms with Crippen LogP contribution in [0.1, 0.15) is 25.8 Å². The fourth-order valence-electron chi connectivity index (χ4n) is 3.09. The Morgan fingerprint density at radius 1 is 1.41 bits per heavy atom. The zero-order valence-electron chi connectivity index (χ0n) is 13.0. The first-order chi connectivity index (χ1) is 10.1. The van der Waals surface area contributed by atoms with Crippen LogP contribution in [0.25, 0.3) is 0 Å². The minimum atomic E-state index is -4.23. The van der Waals surface area contributed by atoms with Gasteiger partial charge in [-0.3, -0.25) is 9.69 Å². The highest BCUT2D eigenvalue weighted by molar-refractivity contribution is 5.92. The van der Waals surface area contributed by atoms with Gasteiger partial charge in [0.25, 0.3) is 0 Å². The molecule has 2 rings (SSSR count). The van der Waals surface area contributed by atoms with Crippen molar-refractivity contribution in [2.75, 3.05) is 18.4 Å². The van der Waals surface area contributed by atoms with Gasteiger partial charge in [-0.05, 0) is 51.4 Å². The van der Waals surface area contributed by atoms with Gasteiger partial charge in [0.2, 0.25) is 5.91 Å². The summed E-state index contributed by atoms with van der Waals surface area (Å²) in [6.07, 6.45) is -4.19. The number of carbonyl (C=O) groups is 1. The van der Waals surface area contributed by atoms with Crippen LogP contribution in [0.4, 0.5) is 18.9 Å². The van der Waals surface area contributed by atoms with Gasteiger partial charge in [-0.25, -0.2) is 0 Å². The van der Waals surface area contributed by atoms with Gasteiger partial charge in [0, 0.05) is 11.2 Å². The quantitative estimate of drug-likeness (QED) is 0.924. The summed E-state index contributed by atoms with van der Waals surface area (Å²) >= 11 is 0. The maximum atomic E-state index is 13.0. The van der Waals surface area contributed by atoms with Crippen molar-refractivity contribution in [1.82, 2.24) is 4.90 Å². The molecule has 1 heterocycles. The lowest BCUT2D eigenvalue weighted by Gasteiger charge is -2.36. The van der Waals surface area contributed by atoms with E-state index in [0.29, 0.717) is 5.69 Å². The third-order valence-corrected chi connectivity index (χ3v) is 4.39. The van der Waals surface area contributed by atoms with Crippen LogP contribution in [0, 0.1) is 12.8 Å². The van der Waals surface area contributed by atoms with E-state index in [2.05, 4.69) is 5.32 Å². The molecule has 0 bridgehead atoms. The second kappa shape index (κ2) is 5.91. The molecular formula is C16H21F3N2O. The molecule has 3 nitrogen and oxygen atoms in total. The smallest absolute Gasteiger partial charge is 0.325 e. The van der Waals surface area contributed by atoms with Gasteiger partial charge in [0.1, 0.15) is 0 Å². The van der Waals surface area contributed by atoms with Gasteiger partial charge in [0.05, 0.1) is 12.5 Å². The van der Waals surface area contributed by atoms with E-state index in [9.17, 15) is 18.0 Å². The number of nitrogens with zero attached hydrogens (tertiary/aromatic N) is 1. The monoisotopic (exact) mass is 314 g/mol. The van der Waals surface area contributed by atoms with Gasteiger partial charge >= 0.3 is 6.18 Å². The molecule has 0 saturated carbocycles. The number of carbonyl (C=O) groups excluding carboxylic acids is 1. The van der Waals surface area contributed by atoms with Crippen molar-refractivity contribution < 1.29 is 18.0 Å². The van der Waals surface area contributed by atoms with E-state index in [1.807, 2.05) is 25.1 Å². The summed E-state index contributed by atoms with van der Waals surface area (Å²) in [4.78, 5) is 13.7. The molecule has 1 aliphatic heterocycles. The third kappa shape index (κ3) is 3.61. The van der Waals surface area contributed by atoms with Crippen molar-refractivity contribution in [3.63, 3.8) is 0 Å². The molecule has 0 unspecified atom stereocenters. The average Bonchev–Trinajstić information content (AvgIpc) is 2.64. The molecule has 22 heavy (non-hydrogen) atoms. The maximum Gasteiger partial charge on any atom is 0.393 e. The molecule has 0 radical (unpaired) electrons. The Hall–Kier alpha value is -1.56. The summed E-state index contributed by atoms with van der Waals surface area (Å²) in [5.74, 6) is -1.69. The summed E-state index contributed by atoms with van der Waals surface area (Å²) in [6, 6.07) is 7.32.